The lowest BCUT2D eigenvalue weighted by atomic mass is 10.0. The predicted molar refractivity (Wildman–Crippen MR) is 82.1 cm³/mol. The summed E-state index contributed by atoms with van der Waals surface area (Å²) in [5, 5.41) is 3.40. The molecule has 0 spiro atoms. The molecule has 1 saturated heterocycles. The van der Waals surface area contributed by atoms with Gasteiger partial charge in [-0.2, -0.15) is 0 Å². The third-order valence-corrected chi connectivity index (χ3v) is 3.80. The smallest absolute Gasteiger partial charge is 0.0940 e. The molecule has 20 heavy (non-hydrogen) atoms. The molecule has 112 valence electrons. The summed E-state index contributed by atoms with van der Waals surface area (Å²) >= 11 is 0. The van der Waals surface area contributed by atoms with Crippen molar-refractivity contribution in [1.29, 1.82) is 0 Å². The molecule has 1 aromatic carbocycles. The molecule has 1 unspecified atom stereocenters. The second-order valence-corrected chi connectivity index (χ2v) is 6.52. The van der Waals surface area contributed by atoms with Crippen LogP contribution in [0.3, 0.4) is 0 Å². The molecule has 1 atom stereocenters. The molecule has 2 rings (SSSR count). The van der Waals surface area contributed by atoms with Crippen molar-refractivity contribution in [3.8, 4) is 0 Å². The molecule has 1 fully saturated rings. The van der Waals surface area contributed by atoms with E-state index in [9.17, 15) is 0 Å². The van der Waals surface area contributed by atoms with Gasteiger partial charge in [0.2, 0.25) is 0 Å². The fraction of sp³-hybridized carbons (Fsp3) is 0.647. The number of benzene rings is 1. The summed E-state index contributed by atoms with van der Waals surface area (Å²) in [5.74, 6) is 0. The van der Waals surface area contributed by atoms with Gasteiger partial charge < -0.3 is 14.8 Å². The summed E-state index contributed by atoms with van der Waals surface area (Å²) in [7, 11) is 0. The molecule has 1 aliphatic rings. The zero-order valence-corrected chi connectivity index (χ0v) is 13.4. The molecule has 3 heteroatoms. The van der Waals surface area contributed by atoms with Crippen LogP contribution >= 0.6 is 0 Å². The van der Waals surface area contributed by atoms with E-state index in [-0.39, 0.29) is 11.7 Å². The summed E-state index contributed by atoms with van der Waals surface area (Å²) < 4.78 is 11.9. The van der Waals surface area contributed by atoms with Gasteiger partial charge in [0.15, 0.2) is 0 Å². The van der Waals surface area contributed by atoms with E-state index in [0.29, 0.717) is 13.2 Å². The largest absolute Gasteiger partial charge is 0.374 e. The molecule has 0 amide bonds. The van der Waals surface area contributed by atoms with Gasteiger partial charge in [-0.1, -0.05) is 17.7 Å². The number of nitrogens with one attached hydrogen (secondary N) is 1. The predicted octanol–water partition coefficient (Wildman–Crippen LogP) is 2.90. The van der Waals surface area contributed by atoms with E-state index in [0.717, 1.165) is 13.1 Å². The van der Waals surface area contributed by atoms with Gasteiger partial charge in [-0.3, -0.25) is 0 Å². The van der Waals surface area contributed by atoms with Crippen LogP contribution in [0.2, 0.25) is 0 Å². The first-order valence-corrected chi connectivity index (χ1v) is 7.40. The first kappa shape index (κ1) is 15.5. The van der Waals surface area contributed by atoms with Crippen LogP contribution in [-0.4, -0.2) is 31.4 Å². The monoisotopic (exact) mass is 277 g/mol. The molecular weight excluding hydrogens is 250 g/mol. The van der Waals surface area contributed by atoms with Crippen LogP contribution in [0.15, 0.2) is 12.1 Å². The molecule has 1 heterocycles. The maximum absolute atomic E-state index is 6.00. The van der Waals surface area contributed by atoms with E-state index < -0.39 is 0 Å². The first-order valence-electron chi connectivity index (χ1n) is 7.40. The summed E-state index contributed by atoms with van der Waals surface area (Å²) in [6.07, 6.45) is 0.143. The maximum Gasteiger partial charge on any atom is 0.0940 e. The Morgan fingerprint density at radius 3 is 2.50 bits per heavy atom. The van der Waals surface area contributed by atoms with E-state index in [4.69, 9.17) is 9.47 Å². The van der Waals surface area contributed by atoms with Crippen LogP contribution < -0.4 is 5.32 Å². The van der Waals surface area contributed by atoms with Crippen LogP contribution in [0.1, 0.15) is 36.1 Å². The topological polar surface area (TPSA) is 30.5 Å². The number of morpholine rings is 1. The van der Waals surface area contributed by atoms with Crippen LogP contribution in [0.25, 0.3) is 0 Å². The molecule has 0 radical (unpaired) electrons. The molecular formula is C17H27NO2. The Morgan fingerprint density at radius 1 is 1.25 bits per heavy atom. The van der Waals surface area contributed by atoms with Crippen LogP contribution in [0.5, 0.6) is 0 Å². The highest BCUT2D eigenvalue weighted by Crippen LogP contribution is 2.19. The molecule has 1 aliphatic heterocycles. The summed E-state index contributed by atoms with van der Waals surface area (Å²) in [4.78, 5) is 0. The number of rotatable bonds is 4. The third-order valence-electron chi connectivity index (χ3n) is 3.80. The highest BCUT2D eigenvalue weighted by atomic mass is 16.5. The van der Waals surface area contributed by atoms with Gasteiger partial charge in [-0.15, -0.1) is 0 Å². The van der Waals surface area contributed by atoms with E-state index in [2.05, 4.69) is 52.1 Å². The van der Waals surface area contributed by atoms with Crippen molar-refractivity contribution >= 4 is 0 Å². The lowest BCUT2D eigenvalue weighted by molar-refractivity contribution is -0.122. The van der Waals surface area contributed by atoms with Gasteiger partial charge in [0.25, 0.3) is 0 Å². The Bertz CT molecular complexity index is 445. The molecule has 0 aliphatic carbocycles. The van der Waals surface area contributed by atoms with Gasteiger partial charge in [-0.05, 0) is 51.3 Å². The maximum atomic E-state index is 6.00. The van der Waals surface area contributed by atoms with Crippen molar-refractivity contribution in [1.82, 2.24) is 5.32 Å². The standard InChI is InChI=1S/C17H27NO2/c1-12-6-13(2)16(14(3)7-12)10-19-9-15-8-18-11-17(4,5)20-15/h6-7,15,18H,8-11H2,1-5H3. The molecule has 0 saturated carbocycles. The minimum absolute atomic E-state index is 0.0953. The Kier molecular flexibility index (Phi) is 4.84. The molecule has 1 N–H and O–H groups in total. The second kappa shape index (κ2) is 6.25. The highest BCUT2D eigenvalue weighted by molar-refractivity contribution is 5.36. The van der Waals surface area contributed by atoms with E-state index in [1.165, 1.54) is 22.3 Å². The van der Waals surface area contributed by atoms with Gasteiger partial charge in [-0.25, -0.2) is 0 Å². The zero-order valence-electron chi connectivity index (χ0n) is 13.4. The van der Waals surface area contributed by atoms with E-state index in [1.54, 1.807) is 0 Å². The Morgan fingerprint density at radius 2 is 1.90 bits per heavy atom. The fourth-order valence-electron chi connectivity index (χ4n) is 2.89. The second-order valence-electron chi connectivity index (χ2n) is 6.52. The van der Waals surface area contributed by atoms with Crippen molar-refractivity contribution in [3.63, 3.8) is 0 Å². The van der Waals surface area contributed by atoms with Gasteiger partial charge in [0.1, 0.15) is 0 Å². The first-order chi connectivity index (χ1) is 9.37. The lowest BCUT2D eigenvalue weighted by Gasteiger charge is -2.36. The quantitative estimate of drug-likeness (QED) is 0.918. The Balaban J connectivity index is 1.87. The number of aryl methyl sites for hydroxylation is 3. The normalized spacial score (nSPS) is 21.9. The van der Waals surface area contributed by atoms with Crippen molar-refractivity contribution < 1.29 is 9.47 Å². The average molecular weight is 277 g/mol. The number of hydrogen-bond donors (Lipinski definition) is 1. The van der Waals surface area contributed by atoms with E-state index in [1.807, 2.05) is 0 Å². The van der Waals surface area contributed by atoms with Crippen molar-refractivity contribution in [2.45, 2.75) is 52.9 Å². The van der Waals surface area contributed by atoms with Crippen LogP contribution in [-0.2, 0) is 16.1 Å². The van der Waals surface area contributed by atoms with Gasteiger partial charge in [0, 0.05) is 13.1 Å². The zero-order chi connectivity index (χ0) is 14.8. The highest BCUT2D eigenvalue weighted by Gasteiger charge is 2.28. The average Bonchev–Trinajstić information content (AvgIpc) is 2.31. The molecule has 1 aromatic rings. The van der Waals surface area contributed by atoms with Crippen LogP contribution in [0, 0.1) is 20.8 Å². The van der Waals surface area contributed by atoms with Crippen molar-refractivity contribution in [2.24, 2.45) is 0 Å². The van der Waals surface area contributed by atoms with Crippen molar-refractivity contribution in [3.05, 3.63) is 34.4 Å². The third kappa shape index (κ3) is 4.05. The number of ether oxygens (including phenoxy) is 2. The minimum Gasteiger partial charge on any atom is -0.374 e. The van der Waals surface area contributed by atoms with Gasteiger partial charge in [0.05, 0.1) is 24.9 Å². The SMILES string of the molecule is Cc1cc(C)c(COCC2CNCC(C)(C)O2)c(C)c1. The van der Waals surface area contributed by atoms with Crippen LogP contribution in [0.4, 0.5) is 0 Å². The van der Waals surface area contributed by atoms with Crippen molar-refractivity contribution in [2.75, 3.05) is 19.7 Å². The lowest BCUT2D eigenvalue weighted by Crippen LogP contribution is -2.51. The summed E-state index contributed by atoms with van der Waals surface area (Å²) in [6, 6.07) is 4.43. The summed E-state index contributed by atoms with van der Waals surface area (Å²) in [6.45, 7) is 13.7. The molecule has 3 nitrogen and oxygen atoms in total. The minimum atomic E-state index is -0.0953. The Hall–Kier alpha value is -0.900. The summed E-state index contributed by atoms with van der Waals surface area (Å²) in [5.41, 5.74) is 5.14. The molecule has 0 bridgehead atoms. The molecule has 0 aromatic heterocycles. The number of hydrogen-bond acceptors (Lipinski definition) is 3. The Labute approximate surface area is 122 Å². The van der Waals surface area contributed by atoms with E-state index >= 15 is 0 Å². The fourth-order valence-corrected chi connectivity index (χ4v) is 2.89. The van der Waals surface area contributed by atoms with Gasteiger partial charge >= 0.3 is 0 Å².